The van der Waals surface area contributed by atoms with Crippen LogP contribution >= 0.6 is 0 Å². The van der Waals surface area contributed by atoms with Gasteiger partial charge >= 0.3 is 0 Å². The Morgan fingerprint density at radius 2 is 1.92 bits per heavy atom. The molecule has 13 heavy (non-hydrogen) atoms. The normalized spacial score (nSPS) is 13.2. The molecule has 1 unspecified atom stereocenters. The summed E-state index contributed by atoms with van der Waals surface area (Å²) in [5, 5.41) is 3.27. The average Bonchev–Trinajstić information content (AvgIpc) is 2.17. The Kier molecular flexibility index (Phi) is 8.33. The Labute approximate surface area is 84.0 Å². The van der Waals surface area contributed by atoms with Crippen molar-refractivity contribution in [3.63, 3.8) is 0 Å². The second-order valence-electron chi connectivity index (χ2n) is 2.89. The molecular weight excluding hydrogens is 178 g/mol. The first kappa shape index (κ1) is 12.8. The van der Waals surface area contributed by atoms with Crippen molar-refractivity contribution in [3.05, 3.63) is 12.3 Å². The zero-order valence-corrected chi connectivity index (χ0v) is 10.3. The van der Waals surface area contributed by atoms with Gasteiger partial charge in [0.05, 0.1) is 0 Å². The minimum absolute atomic E-state index is 0.899. The van der Waals surface area contributed by atoms with E-state index in [-0.39, 0.29) is 0 Å². The molecule has 0 saturated heterocycles. The Morgan fingerprint density at radius 3 is 2.31 bits per heavy atom. The van der Waals surface area contributed by atoms with E-state index in [4.69, 9.17) is 0 Å². The fourth-order valence-corrected chi connectivity index (χ4v) is 3.14. The van der Waals surface area contributed by atoms with E-state index >= 15 is 0 Å². The van der Waals surface area contributed by atoms with E-state index in [0.717, 1.165) is 26.3 Å². The van der Waals surface area contributed by atoms with Gasteiger partial charge in [-0.05, 0) is 19.6 Å². The molecule has 0 radical (unpaired) electrons. The maximum Gasteiger partial charge on any atom is 0.213 e. The summed E-state index contributed by atoms with van der Waals surface area (Å²) in [6.45, 7) is 14.5. The molecule has 1 atom stereocenters. The fraction of sp³-hybridized carbons (Fsp3) is 0.778. The van der Waals surface area contributed by atoms with Crippen LogP contribution in [-0.2, 0) is 0 Å². The predicted molar refractivity (Wildman–Crippen MR) is 61.9 cm³/mol. The maximum atomic E-state index is 3.89. The Morgan fingerprint density at radius 1 is 1.31 bits per heavy atom. The summed E-state index contributed by atoms with van der Waals surface area (Å²) in [5.41, 5.74) is 2.09. The molecule has 0 aromatic carbocycles. The molecule has 0 fully saturated rings. The van der Waals surface area contributed by atoms with E-state index in [0.29, 0.717) is 0 Å². The molecule has 2 N–H and O–H groups in total. The summed E-state index contributed by atoms with van der Waals surface area (Å²) in [5.74, 6) is 0. The number of rotatable bonds is 8. The molecule has 0 spiro atoms. The van der Waals surface area contributed by atoms with Gasteiger partial charge in [-0.15, -0.1) is 6.58 Å². The van der Waals surface area contributed by atoms with Crippen LogP contribution in [0.2, 0.25) is 0 Å². The van der Waals surface area contributed by atoms with Crippen molar-refractivity contribution in [2.45, 2.75) is 20.8 Å². The Balaban J connectivity index is 3.78. The monoisotopic (exact) mass is 201 g/mol. The SMILES string of the molecule is C=C[SiH](NCNCC)N(CC)CC. The van der Waals surface area contributed by atoms with Gasteiger partial charge in [0.15, 0.2) is 0 Å². The van der Waals surface area contributed by atoms with Crippen LogP contribution < -0.4 is 10.3 Å². The first-order chi connectivity index (χ1) is 6.29. The van der Waals surface area contributed by atoms with Crippen LogP contribution in [0.15, 0.2) is 12.3 Å². The lowest BCUT2D eigenvalue weighted by Gasteiger charge is -2.26. The highest BCUT2D eigenvalue weighted by Crippen LogP contribution is 1.91. The summed E-state index contributed by atoms with van der Waals surface area (Å²) >= 11 is 0. The standard InChI is InChI=1S/C9H23N3Si/c1-5-10-9-11-13(8-4)12(6-2)7-3/h8,10-11,13H,4-7,9H2,1-3H3. The summed E-state index contributed by atoms with van der Waals surface area (Å²) in [6.07, 6.45) is 0. The van der Waals surface area contributed by atoms with Gasteiger partial charge in [0.2, 0.25) is 9.12 Å². The molecule has 0 rings (SSSR count). The summed E-state index contributed by atoms with van der Waals surface area (Å²) in [6, 6.07) is 0. The lowest BCUT2D eigenvalue weighted by molar-refractivity contribution is 0.470. The topological polar surface area (TPSA) is 27.3 Å². The van der Waals surface area contributed by atoms with Gasteiger partial charge < -0.3 is 14.9 Å². The van der Waals surface area contributed by atoms with Crippen LogP contribution in [0.4, 0.5) is 0 Å². The average molecular weight is 201 g/mol. The van der Waals surface area contributed by atoms with Crippen molar-refractivity contribution >= 4 is 9.12 Å². The third-order valence-corrected chi connectivity index (χ3v) is 4.70. The first-order valence-corrected chi connectivity index (χ1v) is 6.86. The third-order valence-electron chi connectivity index (χ3n) is 2.12. The van der Waals surface area contributed by atoms with Crippen LogP contribution in [0.3, 0.4) is 0 Å². The summed E-state index contributed by atoms with van der Waals surface area (Å²) < 4.78 is 2.46. The molecule has 4 heteroatoms. The predicted octanol–water partition coefficient (Wildman–Crippen LogP) is 0.431. The smallest absolute Gasteiger partial charge is 0.213 e. The van der Waals surface area contributed by atoms with Crippen molar-refractivity contribution in [1.29, 1.82) is 0 Å². The molecule has 0 heterocycles. The van der Waals surface area contributed by atoms with E-state index in [9.17, 15) is 0 Å². The van der Waals surface area contributed by atoms with Crippen molar-refractivity contribution in [2.75, 3.05) is 26.3 Å². The molecule has 0 aliphatic rings. The Hall–Kier alpha value is -0.163. The zero-order valence-electron chi connectivity index (χ0n) is 9.14. The number of nitrogens with zero attached hydrogens (tertiary/aromatic N) is 1. The minimum atomic E-state index is -1.07. The first-order valence-electron chi connectivity index (χ1n) is 5.10. The molecule has 3 nitrogen and oxygen atoms in total. The number of nitrogens with one attached hydrogen (secondary N) is 2. The largest absolute Gasteiger partial charge is 0.312 e. The van der Waals surface area contributed by atoms with Gasteiger partial charge in [0.1, 0.15) is 0 Å². The molecule has 0 aliphatic carbocycles. The van der Waals surface area contributed by atoms with Gasteiger partial charge in [-0.25, -0.2) is 0 Å². The van der Waals surface area contributed by atoms with Gasteiger partial charge in [0.25, 0.3) is 0 Å². The third kappa shape index (κ3) is 5.20. The molecule has 0 aromatic heterocycles. The van der Waals surface area contributed by atoms with Gasteiger partial charge in [-0.2, -0.15) is 0 Å². The highest BCUT2D eigenvalue weighted by molar-refractivity contribution is 6.58. The lowest BCUT2D eigenvalue weighted by atomic mass is 10.7. The molecule has 0 bridgehead atoms. The van der Waals surface area contributed by atoms with Crippen molar-refractivity contribution in [3.8, 4) is 0 Å². The summed E-state index contributed by atoms with van der Waals surface area (Å²) in [4.78, 5) is 3.51. The van der Waals surface area contributed by atoms with E-state index in [1.54, 1.807) is 0 Å². The van der Waals surface area contributed by atoms with Gasteiger partial charge in [0, 0.05) is 6.67 Å². The van der Waals surface area contributed by atoms with Crippen molar-refractivity contribution < 1.29 is 0 Å². The molecule has 78 valence electrons. The minimum Gasteiger partial charge on any atom is -0.312 e. The lowest BCUT2D eigenvalue weighted by Crippen LogP contribution is -2.51. The second kappa shape index (κ2) is 8.44. The van der Waals surface area contributed by atoms with Crippen LogP contribution in [0.25, 0.3) is 0 Å². The van der Waals surface area contributed by atoms with E-state index in [1.165, 1.54) is 0 Å². The maximum absolute atomic E-state index is 3.89. The second-order valence-corrected chi connectivity index (χ2v) is 5.39. The van der Waals surface area contributed by atoms with Crippen LogP contribution in [0.5, 0.6) is 0 Å². The fourth-order valence-electron chi connectivity index (χ4n) is 1.28. The molecular formula is C9H23N3Si. The van der Waals surface area contributed by atoms with E-state index < -0.39 is 9.12 Å². The Bertz CT molecular complexity index is 126. The molecule has 0 aliphatic heterocycles. The molecule has 0 saturated carbocycles. The van der Waals surface area contributed by atoms with E-state index in [2.05, 4.69) is 47.9 Å². The zero-order chi connectivity index (χ0) is 10.1. The summed E-state index contributed by atoms with van der Waals surface area (Å²) in [7, 11) is -1.07. The van der Waals surface area contributed by atoms with E-state index in [1.807, 2.05) is 0 Å². The molecule has 0 amide bonds. The van der Waals surface area contributed by atoms with Crippen molar-refractivity contribution in [1.82, 2.24) is 14.9 Å². The van der Waals surface area contributed by atoms with Gasteiger partial charge in [-0.1, -0.05) is 26.5 Å². The highest BCUT2D eigenvalue weighted by atomic mass is 28.3. The number of hydrogen-bond donors (Lipinski definition) is 2. The van der Waals surface area contributed by atoms with Crippen LogP contribution in [0, 0.1) is 0 Å². The van der Waals surface area contributed by atoms with Crippen LogP contribution in [0.1, 0.15) is 20.8 Å². The highest BCUT2D eigenvalue weighted by Gasteiger charge is 2.12. The van der Waals surface area contributed by atoms with Crippen LogP contribution in [-0.4, -0.2) is 40.0 Å². The van der Waals surface area contributed by atoms with Gasteiger partial charge in [-0.3, -0.25) is 0 Å². The molecule has 0 aromatic rings. The van der Waals surface area contributed by atoms with Crippen molar-refractivity contribution in [2.24, 2.45) is 0 Å². The number of hydrogen-bond acceptors (Lipinski definition) is 3. The quantitative estimate of drug-likeness (QED) is 0.339.